The monoisotopic (exact) mass is 334 g/mol. The molecule has 1 saturated carbocycles. The Labute approximate surface area is 149 Å². The molecule has 0 unspecified atom stereocenters. The van der Waals surface area contributed by atoms with Gasteiger partial charge in [-0.05, 0) is 54.5 Å². The van der Waals surface area contributed by atoms with Gasteiger partial charge >= 0.3 is 0 Å². The average Bonchev–Trinajstić information content (AvgIpc) is 3.22. The van der Waals surface area contributed by atoms with Gasteiger partial charge in [-0.1, -0.05) is 32.1 Å². The summed E-state index contributed by atoms with van der Waals surface area (Å²) >= 11 is 0. The van der Waals surface area contributed by atoms with Gasteiger partial charge in [-0.3, -0.25) is 15.1 Å². The second-order valence-corrected chi connectivity index (χ2v) is 7.21. The number of nitrogens with one attached hydrogen (secondary N) is 1. The Morgan fingerprint density at radius 2 is 2.00 bits per heavy atom. The SMILES string of the molecule is c1cncc(C2=NCCCC2=C(CC2CCCCC2)c2ccn[nH]2)c1. The molecular weight excluding hydrogens is 308 g/mol. The van der Waals surface area contributed by atoms with Crippen molar-refractivity contribution in [3.05, 3.63) is 53.6 Å². The summed E-state index contributed by atoms with van der Waals surface area (Å²) in [5.41, 5.74) is 6.26. The summed E-state index contributed by atoms with van der Waals surface area (Å²) in [4.78, 5) is 9.20. The molecule has 0 aromatic carbocycles. The lowest BCUT2D eigenvalue weighted by Gasteiger charge is -2.26. The van der Waals surface area contributed by atoms with Crippen molar-refractivity contribution in [2.75, 3.05) is 6.54 Å². The molecule has 0 atom stereocenters. The van der Waals surface area contributed by atoms with Gasteiger partial charge in [0.1, 0.15) is 0 Å². The third-order valence-corrected chi connectivity index (χ3v) is 5.48. The predicted octanol–water partition coefficient (Wildman–Crippen LogP) is 4.81. The molecule has 0 amide bonds. The normalized spacial score (nSPS) is 21.0. The fourth-order valence-corrected chi connectivity index (χ4v) is 4.22. The molecule has 2 aliphatic rings. The molecule has 1 aliphatic heterocycles. The Morgan fingerprint density at radius 1 is 1.08 bits per heavy atom. The van der Waals surface area contributed by atoms with E-state index in [0.717, 1.165) is 43.0 Å². The highest BCUT2D eigenvalue weighted by Crippen LogP contribution is 2.36. The van der Waals surface area contributed by atoms with Crippen LogP contribution in [0.3, 0.4) is 0 Å². The van der Waals surface area contributed by atoms with Crippen molar-refractivity contribution in [2.45, 2.75) is 51.4 Å². The fraction of sp³-hybridized carbons (Fsp3) is 0.476. The largest absolute Gasteiger partial charge is 0.284 e. The second-order valence-electron chi connectivity index (χ2n) is 7.21. The Kier molecular flexibility index (Phi) is 5.05. The molecule has 1 N–H and O–H groups in total. The van der Waals surface area contributed by atoms with Crippen molar-refractivity contribution >= 4 is 11.3 Å². The fourth-order valence-electron chi connectivity index (χ4n) is 4.22. The van der Waals surface area contributed by atoms with Crippen LogP contribution in [0, 0.1) is 5.92 Å². The van der Waals surface area contributed by atoms with Crippen LogP contribution in [-0.2, 0) is 0 Å². The molecule has 1 aliphatic carbocycles. The standard InChI is InChI=1S/C21H26N4/c1-2-6-16(7-3-1)14-19(20-10-13-24-25-20)18-9-5-12-23-21(18)17-8-4-11-22-15-17/h4,8,10-11,13,15-16H,1-3,5-7,9,12,14H2,(H,24,25). The van der Waals surface area contributed by atoms with E-state index in [-0.39, 0.29) is 0 Å². The van der Waals surface area contributed by atoms with Crippen molar-refractivity contribution < 1.29 is 0 Å². The van der Waals surface area contributed by atoms with E-state index < -0.39 is 0 Å². The zero-order valence-electron chi connectivity index (χ0n) is 14.7. The van der Waals surface area contributed by atoms with Crippen molar-refractivity contribution in [1.82, 2.24) is 15.2 Å². The first kappa shape index (κ1) is 16.2. The number of aliphatic imine (C=N–C) groups is 1. The highest BCUT2D eigenvalue weighted by molar-refractivity contribution is 6.16. The second kappa shape index (κ2) is 7.77. The molecule has 130 valence electrons. The minimum Gasteiger partial charge on any atom is -0.284 e. The molecule has 4 heteroatoms. The lowest BCUT2D eigenvalue weighted by atomic mass is 9.81. The van der Waals surface area contributed by atoms with Crippen LogP contribution in [0.1, 0.15) is 62.6 Å². The lowest BCUT2D eigenvalue weighted by Crippen LogP contribution is -2.16. The molecule has 0 saturated heterocycles. The Balaban J connectivity index is 1.74. The number of pyridine rings is 1. The maximum Gasteiger partial charge on any atom is 0.0697 e. The zero-order chi connectivity index (χ0) is 16.9. The van der Waals surface area contributed by atoms with Crippen LogP contribution in [0.15, 0.2) is 47.4 Å². The number of nitrogens with zero attached hydrogens (tertiary/aromatic N) is 3. The molecule has 0 radical (unpaired) electrons. The summed E-state index contributed by atoms with van der Waals surface area (Å²) in [5.74, 6) is 0.789. The highest BCUT2D eigenvalue weighted by Gasteiger charge is 2.23. The van der Waals surface area contributed by atoms with E-state index in [2.05, 4.69) is 27.3 Å². The smallest absolute Gasteiger partial charge is 0.0697 e. The third kappa shape index (κ3) is 3.73. The first-order chi connectivity index (χ1) is 12.4. The van der Waals surface area contributed by atoms with Crippen LogP contribution < -0.4 is 0 Å². The third-order valence-electron chi connectivity index (χ3n) is 5.48. The van der Waals surface area contributed by atoms with Crippen molar-refractivity contribution in [2.24, 2.45) is 10.9 Å². The molecule has 3 heterocycles. The number of aromatic nitrogens is 3. The van der Waals surface area contributed by atoms with E-state index in [4.69, 9.17) is 4.99 Å². The van der Waals surface area contributed by atoms with E-state index in [9.17, 15) is 0 Å². The quantitative estimate of drug-likeness (QED) is 0.872. The number of H-pyrrole nitrogens is 1. The van der Waals surface area contributed by atoms with E-state index in [1.807, 2.05) is 24.7 Å². The predicted molar refractivity (Wildman–Crippen MR) is 102 cm³/mol. The Bertz CT molecular complexity index is 737. The minimum atomic E-state index is 0.789. The van der Waals surface area contributed by atoms with Gasteiger partial charge in [0.05, 0.1) is 11.4 Å². The number of hydrogen-bond acceptors (Lipinski definition) is 3. The number of allylic oxidation sites excluding steroid dienone is 2. The molecule has 0 spiro atoms. The molecule has 4 rings (SSSR count). The van der Waals surface area contributed by atoms with Crippen LogP contribution >= 0.6 is 0 Å². The molecular formula is C21H26N4. The molecule has 2 aromatic rings. The molecule has 25 heavy (non-hydrogen) atoms. The molecule has 4 nitrogen and oxygen atoms in total. The maximum atomic E-state index is 4.89. The number of aromatic amines is 1. The molecule has 2 aromatic heterocycles. The van der Waals surface area contributed by atoms with Crippen LogP contribution in [0.25, 0.3) is 5.57 Å². The van der Waals surface area contributed by atoms with Gasteiger partial charge in [0.25, 0.3) is 0 Å². The van der Waals surface area contributed by atoms with Crippen LogP contribution in [0.5, 0.6) is 0 Å². The van der Waals surface area contributed by atoms with E-state index in [0.29, 0.717) is 0 Å². The zero-order valence-corrected chi connectivity index (χ0v) is 14.7. The van der Waals surface area contributed by atoms with Gasteiger partial charge in [0.2, 0.25) is 0 Å². The van der Waals surface area contributed by atoms with Gasteiger partial charge in [0, 0.05) is 30.7 Å². The van der Waals surface area contributed by atoms with Crippen molar-refractivity contribution in [1.29, 1.82) is 0 Å². The summed E-state index contributed by atoms with van der Waals surface area (Å²) in [7, 11) is 0. The molecule has 1 fully saturated rings. The van der Waals surface area contributed by atoms with Crippen LogP contribution in [0.2, 0.25) is 0 Å². The summed E-state index contributed by atoms with van der Waals surface area (Å²) in [6.45, 7) is 0.910. The summed E-state index contributed by atoms with van der Waals surface area (Å²) in [6, 6.07) is 6.24. The van der Waals surface area contributed by atoms with Crippen LogP contribution in [0.4, 0.5) is 0 Å². The average molecular weight is 334 g/mol. The van der Waals surface area contributed by atoms with Crippen LogP contribution in [-0.4, -0.2) is 27.4 Å². The van der Waals surface area contributed by atoms with E-state index in [1.165, 1.54) is 48.9 Å². The van der Waals surface area contributed by atoms with Gasteiger partial charge < -0.3 is 0 Å². The van der Waals surface area contributed by atoms with Crippen molar-refractivity contribution in [3.63, 3.8) is 0 Å². The lowest BCUT2D eigenvalue weighted by molar-refractivity contribution is 0.364. The van der Waals surface area contributed by atoms with Gasteiger partial charge in [-0.2, -0.15) is 5.10 Å². The Hall–Kier alpha value is -2.23. The topological polar surface area (TPSA) is 53.9 Å². The van der Waals surface area contributed by atoms with Gasteiger partial charge in [-0.25, -0.2) is 0 Å². The van der Waals surface area contributed by atoms with Gasteiger partial charge in [0.15, 0.2) is 0 Å². The number of rotatable bonds is 4. The highest BCUT2D eigenvalue weighted by atomic mass is 15.1. The van der Waals surface area contributed by atoms with E-state index in [1.54, 1.807) is 0 Å². The summed E-state index contributed by atoms with van der Waals surface area (Å²) in [5, 5.41) is 7.44. The van der Waals surface area contributed by atoms with E-state index >= 15 is 0 Å². The first-order valence-electron chi connectivity index (χ1n) is 9.59. The minimum absolute atomic E-state index is 0.789. The Morgan fingerprint density at radius 3 is 2.76 bits per heavy atom. The summed E-state index contributed by atoms with van der Waals surface area (Å²) < 4.78 is 0. The molecule has 0 bridgehead atoms. The number of hydrogen-bond donors (Lipinski definition) is 1. The van der Waals surface area contributed by atoms with Gasteiger partial charge in [-0.15, -0.1) is 0 Å². The summed E-state index contributed by atoms with van der Waals surface area (Å²) in [6.07, 6.45) is 15.8. The van der Waals surface area contributed by atoms with Crippen molar-refractivity contribution in [3.8, 4) is 0 Å². The first-order valence-corrected chi connectivity index (χ1v) is 9.59. The maximum absolute atomic E-state index is 4.89.